The van der Waals surface area contributed by atoms with Crippen molar-refractivity contribution in [3.63, 3.8) is 0 Å². The molecule has 4 heteroatoms. The Balaban J connectivity index is 1.97. The summed E-state index contributed by atoms with van der Waals surface area (Å²) < 4.78 is 5.33. The van der Waals surface area contributed by atoms with Crippen LogP contribution in [0, 0.1) is 6.92 Å². The number of halogens is 1. The molecule has 82 valence electrons. The third kappa shape index (κ3) is 2.87. The van der Waals surface area contributed by atoms with E-state index in [0.717, 1.165) is 17.2 Å². The summed E-state index contributed by atoms with van der Waals surface area (Å²) in [6.07, 6.45) is 1.63. The van der Waals surface area contributed by atoms with Crippen LogP contribution in [-0.4, -0.2) is 6.21 Å². The van der Waals surface area contributed by atoms with Gasteiger partial charge in [0.2, 0.25) is 0 Å². The highest BCUT2D eigenvalue weighted by molar-refractivity contribution is 6.30. The second-order valence-electron chi connectivity index (χ2n) is 3.33. The molecular weight excluding hydrogens is 224 g/mol. The zero-order chi connectivity index (χ0) is 11.4. The van der Waals surface area contributed by atoms with Gasteiger partial charge in [0.25, 0.3) is 0 Å². The van der Waals surface area contributed by atoms with Crippen LogP contribution in [-0.2, 0) is 0 Å². The number of nitrogens with one attached hydrogen (secondary N) is 1. The number of nitrogens with zero attached hydrogens (tertiary/aromatic N) is 1. The fraction of sp³-hybridized carbons (Fsp3) is 0.0833. The minimum atomic E-state index is 0.705. The molecule has 1 aromatic carbocycles. The van der Waals surface area contributed by atoms with Gasteiger partial charge in [0, 0.05) is 5.02 Å². The molecule has 0 atom stereocenters. The molecule has 1 aromatic heterocycles. The van der Waals surface area contributed by atoms with Gasteiger partial charge in [0.15, 0.2) is 0 Å². The number of rotatable bonds is 3. The van der Waals surface area contributed by atoms with Crippen molar-refractivity contribution in [3.8, 4) is 0 Å². The van der Waals surface area contributed by atoms with Gasteiger partial charge < -0.3 is 4.42 Å². The second-order valence-corrected chi connectivity index (χ2v) is 3.76. The zero-order valence-corrected chi connectivity index (χ0v) is 9.53. The van der Waals surface area contributed by atoms with Gasteiger partial charge in [-0.25, -0.2) is 0 Å². The highest BCUT2D eigenvalue weighted by Crippen LogP contribution is 2.13. The van der Waals surface area contributed by atoms with Crippen LogP contribution in [0.25, 0.3) is 0 Å². The minimum Gasteiger partial charge on any atom is -0.460 e. The maximum absolute atomic E-state index is 5.76. The number of hydrogen-bond donors (Lipinski definition) is 1. The molecule has 2 aromatic rings. The van der Waals surface area contributed by atoms with Crippen LogP contribution in [0.15, 0.2) is 45.9 Å². The minimum absolute atomic E-state index is 0.705. The highest BCUT2D eigenvalue weighted by atomic mass is 35.5. The lowest BCUT2D eigenvalue weighted by Gasteiger charge is -1.98. The summed E-state index contributed by atoms with van der Waals surface area (Å²) in [6, 6.07) is 11.1. The SMILES string of the molecule is Cc1ccc(/C=N\Nc2ccc(Cl)cc2)o1. The van der Waals surface area contributed by atoms with E-state index in [1.165, 1.54) is 0 Å². The molecule has 1 heterocycles. The predicted octanol–water partition coefficient (Wildman–Crippen LogP) is 3.69. The molecule has 16 heavy (non-hydrogen) atoms. The summed E-state index contributed by atoms with van der Waals surface area (Å²) in [5, 5.41) is 4.75. The van der Waals surface area contributed by atoms with Crippen molar-refractivity contribution in [2.24, 2.45) is 5.10 Å². The standard InChI is InChI=1S/C12H11ClN2O/c1-9-2-7-12(16-9)8-14-15-11-5-3-10(13)4-6-11/h2-8,15H,1H3/b14-8-. The summed E-state index contributed by atoms with van der Waals surface area (Å²) in [5.41, 5.74) is 3.76. The number of furan rings is 1. The maximum atomic E-state index is 5.76. The lowest BCUT2D eigenvalue weighted by Crippen LogP contribution is -1.88. The van der Waals surface area contributed by atoms with E-state index >= 15 is 0 Å². The molecule has 0 saturated heterocycles. The lowest BCUT2D eigenvalue weighted by molar-refractivity contribution is 0.528. The van der Waals surface area contributed by atoms with Crippen molar-refractivity contribution < 1.29 is 4.42 Å². The van der Waals surface area contributed by atoms with Gasteiger partial charge in [-0.2, -0.15) is 5.10 Å². The van der Waals surface area contributed by atoms with Crippen LogP contribution in [0.4, 0.5) is 5.69 Å². The average molecular weight is 235 g/mol. The molecule has 1 N–H and O–H groups in total. The largest absolute Gasteiger partial charge is 0.460 e. The number of hydrogen-bond acceptors (Lipinski definition) is 3. The Morgan fingerprint density at radius 1 is 1.19 bits per heavy atom. The fourth-order valence-electron chi connectivity index (χ4n) is 1.22. The predicted molar refractivity (Wildman–Crippen MR) is 66.1 cm³/mol. The molecule has 0 fully saturated rings. The van der Waals surface area contributed by atoms with E-state index in [1.807, 2.05) is 31.2 Å². The van der Waals surface area contributed by atoms with E-state index in [4.69, 9.17) is 16.0 Å². The van der Waals surface area contributed by atoms with Crippen LogP contribution in [0.2, 0.25) is 5.02 Å². The summed E-state index contributed by atoms with van der Waals surface area (Å²) in [4.78, 5) is 0. The van der Waals surface area contributed by atoms with Crippen molar-refractivity contribution in [1.29, 1.82) is 0 Å². The summed E-state index contributed by atoms with van der Waals surface area (Å²) >= 11 is 5.76. The van der Waals surface area contributed by atoms with Crippen LogP contribution >= 0.6 is 11.6 Å². The van der Waals surface area contributed by atoms with Gasteiger partial charge in [-0.1, -0.05) is 11.6 Å². The van der Waals surface area contributed by atoms with Gasteiger partial charge in [-0.15, -0.1) is 0 Å². The fourth-order valence-corrected chi connectivity index (χ4v) is 1.34. The third-order valence-electron chi connectivity index (χ3n) is 1.99. The van der Waals surface area contributed by atoms with E-state index in [2.05, 4.69) is 10.5 Å². The number of aryl methyl sites for hydroxylation is 1. The Morgan fingerprint density at radius 2 is 1.94 bits per heavy atom. The van der Waals surface area contributed by atoms with Crippen molar-refractivity contribution in [1.82, 2.24) is 0 Å². The molecular formula is C12H11ClN2O. The Bertz CT molecular complexity index is 488. The molecule has 0 bridgehead atoms. The monoisotopic (exact) mass is 234 g/mol. The molecule has 0 aliphatic carbocycles. The molecule has 0 spiro atoms. The van der Waals surface area contributed by atoms with E-state index in [1.54, 1.807) is 18.3 Å². The molecule has 0 aliphatic heterocycles. The molecule has 0 amide bonds. The van der Waals surface area contributed by atoms with E-state index in [0.29, 0.717) is 5.02 Å². The first-order valence-corrected chi connectivity index (χ1v) is 5.23. The summed E-state index contributed by atoms with van der Waals surface area (Å²) in [7, 11) is 0. The molecule has 0 saturated carbocycles. The van der Waals surface area contributed by atoms with Crippen LogP contribution in [0.1, 0.15) is 11.5 Å². The smallest absolute Gasteiger partial charge is 0.147 e. The summed E-state index contributed by atoms with van der Waals surface area (Å²) in [6.45, 7) is 1.89. The molecule has 0 radical (unpaired) electrons. The first kappa shape index (κ1) is 10.8. The molecule has 0 unspecified atom stereocenters. The third-order valence-corrected chi connectivity index (χ3v) is 2.24. The van der Waals surface area contributed by atoms with Crippen molar-refractivity contribution >= 4 is 23.5 Å². The Labute approximate surface area is 98.7 Å². The van der Waals surface area contributed by atoms with Crippen LogP contribution in [0.3, 0.4) is 0 Å². The van der Waals surface area contributed by atoms with E-state index in [9.17, 15) is 0 Å². The topological polar surface area (TPSA) is 37.5 Å². The molecule has 0 aliphatic rings. The van der Waals surface area contributed by atoms with Crippen LogP contribution < -0.4 is 5.43 Å². The lowest BCUT2D eigenvalue weighted by atomic mass is 10.3. The molecule has 2 rings (SSSR count). The van der Waals surface area contributed by atoms with Crippen molar-refractivity contribution in [3.05, 3.63) is 52.9 Å². The van der Waals surface area contributed by atoms with Crippen LogP contribution in [0.5, 0.6) is 0 Å². The first-order valence-electron chi connectivity index (χ1n) is 4.85. The van der Waals surface area contributed by atoms with E-state index in [-0.39, 0.29) is 0 Å². The molecule has 3 nitrogen and oxygen atoms in total. The second kappa shape index (κ2) is 4.86. The van der Waals surface area contributed by atoms with Crippen molar-refractivity contribution in [2.75, 3.05) is 5.43 Å². The van der Waals surface area contributed by atoms with Gasteiger partial charge in [-0.3, -0.25) is 5.43 Å². The van der Waals surface area contributed by atoms with Gasteiger partial charge in [0.1, 0.15) is 11.5 Å². The van der Waals surface area contributed by atoms with E-state index < -0.39 is 0 Å². The zero-order valence-electron chi connectivity index (χ0n) is 8.77. The number of benzene rings is 1. The van der Waals surface area contributed by atoms with Gasteiger partial charge >= 0.3 is 0 Å². The normalized spacial score (nSPS) is 10.9. The Morgan fingerprint density at radius 3 is 2.56 bits per heavy atom. The highest BCUT2D eigenvalue weighted by Gasteiger charge is 1.93. The Kier molecular flexibility index (Phi) is 3.27. The summed E-state index contributed by atoms with van der Waals surface area (Å²) in [5.74, 6) is 1.59. The quantitative estimate of drug-likeness (QED) is 0.650. The average Bonchev–Trinajstić information content (AvgIpc) is 2.67. The Hall–Kier alpha value is -1.74. The number of anilines is 1. The van der Waals surface area contributed by atoms with Gasteiger partial charge in [0.05, 0.1) is 11.9 Å². The first-order chi connectivity index (χ1) is 7.74. The number of hydrazone groups is 1. The maximum Gasteiger partial charge on any atom is 0.147 e. The van der Waals surface area contributed by atoms with Gasteiger partial charge in [-0.05, 0) is 43.3 Å². The van der Waals surface area contributed by atoms with Crippen molar-refractivity contribution in [2.45, 2.75) is 6.92 Å².